The zero-order chi connectivity index (χ0) is 24.9. The molecule has 0 unspecified atom stereocenters. The highest BCUT2D eigenvalue weighted by Crippen LogP contribution is 2.39. The van der Waals surface area contributed by atoms with Gasteiger partial charge in [-0.2, -0.15) is 0 Å². The molecule has 10 heteroatoms. The Balaban J connectivity index is 1.40. The van der Waals surface area contributed by atoms with Crippen LogP contribution in [0.1, 0.15) is 12.0 Å². The third-order valence-electron chi connectivity index (χ3n) is 6.34. The van der Waals surface area contributed by atoms with Gasteiger partial charge in [0.2, 0.25) is 0 Å². The van der Waals surface area contributed by atoms with Gasteiger partial charge in [0.15, 0.2) is 5.75 Å². The number of anilines is 2. The first-order valence-corrected chi connectivity index (χ1v) is 12.0. The molecule has 0 radical (unpaired) electrons. The van der Waals surface area contributed by atoms with Crippen LogP contribution in [-0.2, 0) is 0 Å². The number of pyridine rings is 1. The molecule has 1 fully saturated rings. The van der Waals surface area contributed by atoms with E-state index in [4.69, 9.17) is 4.74 Å². The fourth-order valence-electron chi connectivity index (χ4n) is 4.50. The van der Waals surface area contributed by atoms with Crippen molar-refractivity contribution in [3.8, 4) is 17.0 Å². The monoisotopic (exact) mass is 490 g/mol. The average molecular weight is 491 g/mol. The van der Waals surface area contributed by atoms with E-state index in [1.165, 1.54) is 12.1 Å². The summed E-state index contributed by atoms with van der Waals surface area (Å²) in [7, 11) is 0. The van der Waals surface area contributed by atoms with Crippen molar-refractivity contribution in [2.24, 2.45) is 4.99 Å². The quantitative estimate of drug-likeness (QED) is 0.290. The minimum Gasteiger partial charge on any atom is -0.487 e. The van der Waals surface area contributed by atoms with Crippen molar-refractivity contribution < 1.29 is 14.1 Å². The maximum atomic E-state index is 14.4. The number of ether oxygens (including phenoxy) is 1. The molecule has 0 saturated carbocycles. The summed E-state index contributed by atoms with van der Waals surface area (Å²) in [6.45, 7) is 5.51. The molecule has 1 saturated heterocycles. The Labute approximate surface area is 208 Å². The maximum Gasteiger partial charge on any atom is 0.311 e. The van der Waals surface area contributed by atoms with E-state index in [1.54, 1.807) is 42.7 Å². The highest BCUT2D eigenvalue weighted by atomic mass is 19.1. The number of aromatic nitrogens is 1. The number of hydrogen-bond acceptors (Lipinski definition) is 8. The van der Waals surface area contributed by atoms with Gasteiger partial charge in [-0.3, -0.25) is 20.1 Å². The molecule has 9 nitrogen and oxygen atoms in total. The molecule has 5 rings (SSSR count). The number of halogens is 1. The number of nitrogens with one attached hydrogen (secondary N) is 1. The molecule has 0 atom stereocenters. The number of nitro groups is 1. The second-order valence-electron chi connectivity index (χ2n) is 8.69. The van der Waals surface area contributed by atoms with Crippen LogP contribution in [0.2, 0.25) is 0 Å². The Bertz CT molecular complexity index is 1280. The predicted molar refractivity (Wildman–Crippen MR) is 137 cm³/mol. The number of hydrogen-bond donors (Lipinski definition) is 1. The molecule has 3 aromatic rings. The Morgan fingerprint density at radius 1 is 1.14 bits per heavy atom. The maximum absolute atomic E-state index is 14.4. The van der Waals surface area contributed by atoms with Gasteiger partial charge in [0.1, 0.15) is 12.5 Å². The summed E-state index contributed by atoms with van der Waals surface area (Å²) in [5.41, 5.74) is 2.90. The fourth-order valence-corrected chi connectivity index (χ4v) is 4.50. The van der Waals surface area contributed by atoms with E-state index >= 15 is 0 Å². The van der Waals surface area contributed by atoms with E-state index in [0.29, 0.717) is 30.1 Å². The topological polar surface area (TPSA) is 96.1 Å². The lowest BCUT2D eigenvalue weighted by molar-refractivity contribution is -0.385. The summed E-state index contributed by atoms with van der Waals surface area (Å²) in [5.74, 6) is -0.130. The van der Waals surface area contributed by atoms with Gasteiger partial charge in [-0.1, -0.05) is 12.1 Å². The summed E-state index contributed by atoms with van der Waals surface area (Å²) in [4.78, 5) is 24.3. The van der Waals surface area contributed by atoms with Crippen LogP contribution in [0.5, 0.6) is 5.75 Å². The van der Waals surface area contributed by atoms with Crippen molar-refractivity contribution in [3.05, 3.63) is 76.2 Å². The van der Waals surface area contributed by atoms with Crippen molar-refractivity contribution in [3.63, 3.8) is 0 Å². The van der Waals surface area contributed by atoms with Crippen molar-refractivity contribution >= 4 is 23.3 Å². The van der Waals surface area contributed by atoms with Gasteiger partial charge < -0.3 is 19.9 Å². The van der Waals surface area contributed by atoms with Gasteiger partial charge in [0.25, 0.3) is 0 Å². The zero-order valence-electron chi connectivity index (χ0n) is 19.8. The molecule has 3 heterocycles. The van der Waals surface area contributed by atoms with E-state index in [0.717, 1.165) is 50.5 Å². The number of benzene rings is 2. The normalized spacial score (nSPS) is 15.5. The molecule has 1 N–H and O–H groups in total. The second-order valence-corrected chi connectivity index (χ2v) is 8.69. The largest absolute Gasteiger partial charge is 0.487 e. The van der Waals surface area contributed by atoms with Gasteiger partial charge in [-0.15, -0.1) is 0 Å². The van der Waals surface area contributed by atoms with Crippen LogP contribution in [0.15, 0.2) is 59.7 Å². The second kappa shape index (κ2) is 10.8. The van der Waals surface area contributed by atoms with Gasteiger partial charge in [-0.05, 0) is 30.7 Å². The smallest absolute Gasteiger partial charge is 0.311 e. The highest BCUT2D eigenvalue weighted by Gasteiger charge is 2.25. The van der Waals surface area contributed by atoms with Crippen LogP contribution in [0, 0.1) is 15.9 Å². The van der Waals surface area contributed by atoms with E-state index in [1.807, 2.05) is 11.0 Å². The Hall–Kier alpha value is -3.89. The third-order valence-corrected chi connectivity index (χ3v) is 6.34. The van der Waals surface area contributed by atoms with Crippen LogP contribution in [-0.4, -0.2) is 67.0 Å². The molecule has 2 aliphatic rings. The summed E-state index contributed by atoms with van der Waals surface area (Å²) >= 11 is 0. The molecule has 0 spiro atoms. The number of nitro benzene ring substituents is 1. The molecule has 2 aromatic carbocycles. The van der Waals surface area contributed by atoms with Crippen molar-refractivity contribution in [2.45, 2.75) is 6.42 Å². The SMILES string of the molecule is O=[N+]([O-])c1cc2c(cc1OCCCN1CCNCC1)N(c1ccnc(-c3ccccc3F)c1)CN=C2. The first-order valence-electron chi connectivity index (χ1n) is 12.0. The van der Waals surface area contributed by atoms with Crippen LogP contribution >= 0.6 is 0 Å². The van der Waals surface area contributed by atoms with Crippen LogP contribution < -0.4 is 15.0 Å². The molecule has 36 heavy (non-hydrogen) atoms. The van der Waals surface area contributed by atoms with E-state index in [-0.39, 0.29) is 17.3 Å². The number of aliphatic imine (C=N–C) groups is 1. The first kappa shape index (κ1) is 23.8. The van der Waals surface area contributed by atoms with Crippen molar-refractivity contribution in [1.82, 2.24) is 15.2 Å². The fraction of sp³-hybridized carbons (Fsp3) is 0.308. The van der Waals surface area contributed by atoms with Gasteiger partial charge in [0, 0.05) is 74.1 Å². The number of fused-ring (bicyclic) bond motifs is 1. The van der Waals surface area contributed by atoms with Gasteiger partial charge >= 0.3 is 5.69 Å². The molecule has 186 valence electrons. The molecular formula is C26H27FN6O3. The lowest BCUT2D eigenvalue weighted by Crippen LogP contribution is -2.43. The Morgan fingerprint density at radius 2 is 1.97 bits per heavy atom. The van der Waals surface area contributed by atoms with Crippen LogP contribution in [0.25, 0.3) is 11.3 Å². The van der Waals surface area contributed by atoms with Gasteiger partial charge in [-0.25, -0.2) is 4.39 Å². The highest BCUT2D eigenvalue weighted by molar-refractivity contribution is 5.94. The van der Waals surface area contributed by atoms with E-state index in [9.17, 15) is 14.5 Å². The molecule has 1 aromatic heterocycles. The van der Waals surface area contributed by atoms with Crippen LogP contribution in [0.3, 0.4) is 0 Å². The summed E-state index contributed by atoms with van der Waals surface area (Å²) in [6.07, 6.45) is 4.02. The number of rotatable bonds is 8. The van der Waals surface area contributed by atoms with Gasteiger partial charge in [0.05, 0.1) is 22.9 Å². The molecule has 0 amide bonds. The lowest BCUT2D eigenvalue weighted by atomic mass is 10.1. The third kappa shape index (κ3) is 5.19. The van der Waals surface area contributed by atoms with Crippen molar-refractivity contribution in [2.75, 3.05) is 50.9 Å². The predicted octanol–water partition coefficient (Wildman–Crippen LogP) is 4.00. The Kier molecular flexibility index (Phi) is 7.15. The number of piperazine rings is 1. The summed E-state index contributed by atoms with van der Waals surface area (Å²) in [6, 6.07) is 13.3. The first-order chi connectivity index (χ1) is 17.6. The van der Waals surface area contributed by atoms with E-state index in [2.05, 4.69) is 20.2 Å². The average Bonchev–Trinajstić information content (AvgIpc) is 2.91. The van der Waals surface area contributed by atoms with Crippen molar-refractivity contribution in [1.29, 1.82) is 0 Å². The molecule has 2 aliphatic heterocycles. The minimum atomic E-state index is -0.429. The minimum absolute atomic E-state index is 0.0917. The summed E-state index contributed by atoms with van der Waals surface area (Å²) in [5, 5.41) is 15.1. The molecule has 0 bridgehead atoms. The number of nitrogens with zero attached hydrogens (tertiary/aromatic N) is 5. The van der Waals surface area contributed by atoms with E-state index < -0.39 is 4.92 Å². The summed E-state index contributed by atoms with van der Waals surface area (Å²) < 4.78 is 20.3. The standard InChI is InChI=1S/C26H27FN6O3/c27-22-5-2-1-4-21(22)23-15-20(6-7-30-23)32-18-29-17-19-14-25(33(34)35)26(16-24(19)32)36-13-3-10-31-11-8-28-9-12-31/h1-2,4-7,14-17,28H,3,8-13,18H2. The van der Waals surface area contributed by atoms with Crippen LogP contribution in [0.4, 0.5) is 21.5 Å². The zero-order valence-corrected chi connectivity index (χ0v) is 19.8. The Morgan fingerprint density at radius 3 is 2.78 bits per heavy atom. The molecular weight excluding hydrogens is 463 g/mol. The lowest BCUT2D eigenvalue weighted by Gasteiger charge is -2.28. The molecule has 0 aliphatic carbocycles.